The van der Waals surface area contributed by atoms with E-state index in [4.69, 9.17) is 16.3 Å². The van der Waals surface area contributed by atoms with Gasteiger partial charge >= 0.3 is 0 Å². The molecule has 0 bridgehead atoms. The number of carbonyl (C=O) groups is 1. The summed E-state index contributed by atoms with van der Waals surface area (Å²) in [5.41, 5.74) is 4.34. The van der Waals surface area contributed by atoms with Crippen LogP contribution in [-0.4, -0.2) is 39.0 Å². The molecule has 7 heteroatoms. The summed E-state index contributed by atoms with van der Waals surface area (Å²) in [4.78, 5) is 21.3. The van der Waals surface area contributed by atoms with E-state index in [9.17, 15) is 4.79 Å². The van der Waals surface area contributed by atoms with E-state index < -0.39 is 0 Å². The number of fused-ring (bicyclic) bond motifs is 3. The van der Waals surface area contributed by atoms with Gasteiger partial charge in [-0.15, -0.1) is 0 Å². The summed E-state index contributed by atoms with van der Waals surface area (Å²) in [5.74, 6) is 0.806. The third kappa shape index (κ3) is 3.91. The zero-order valence-electron chi connectivity index (χ0n) is 17.0. The molecule has 1 aliphatic rings. The van der Waals surface area contributed by atoms with E-state index in [1.54, 1.807) is 6.20 Å². The number of rotatable bonds is 7. The van der Waals surface area contributed by atoms with Crippen LogP contribution >= 0.6 is 11.6 Å². The second kappa shape index (κ2) is 8.47. The van der Waals surface area contributed by atoms with Crippen LogP contribution in [0.25, 0.3) is 10.9 Å². The Kier molecular flexibility index (Phi) is 5.38. The summed E-state index contributed by atoms with van der Waals surface area (Å²) in [6.07, 6.45) is 8.16. The van der Waals surface area contributed by atoms with Crippen LogP contribution in [0.4, 0.5) is 0 Å². The van der Waals surface area contributed by atoms with Gasteiger partial charge in [-0.3, -0.25) is 4.79 Å². The lowest BCUT2D eigenvalue weighted by Crippen LogP contribution is -2.35. The predicted octanol–water partition coefficient (Wildman–Crippen LogP) is 4.59. The largest absolute Gasteiger partial charge is 0.494 e. The van der Waals surface area contributed by atoms with Crippen LogP contribution in [0.2, 0.25) is 5.02 Å². The Morgan fingerprint density at radius 3 is 3.03 bits per heavy atom. The first-order valence-corrected chi connectivity index (χ1v) is 10.8. The highest BCUT2D eigenvalue weighted by molar-refractivity contribution is 6.31. The van der Waals surface area contributed by atoms with Crippen LogP contribution in [0.5, 0.6) is 5.75 Å². The molecule has 5 rings (SSSR count). The zero-order valence-corrected chi connectivity index (χ0v) is 17.8. The van der Waals surface area contributed by atoms with Gasteiger partial charge in [0.25, 0.3) is 0 Å². The normalized spacial score (nSPS) is 15.8. The standard InChI is InChI=1S/C24H23ClN4O2/c25-18-5-6-22-21(14-18)20-7-10-29(16-30)24(23(20)27-22)17-3-1-4-19(13-17)31-12-2-9-28-11-8-26-15-28/h1,3-6,8,11,13-16,24,27H,2,7,9-10,12H2. The predicted molar refractivity (Wildman–Crippen MR) is 120 cm³/mol. The minimum absolute atomic E-state index is 0.179. The lowest BCUT2D eigenvalue weighted by Gasteiger charge is -2.33. The number of aromatic nitrogens is 3. The molecule has 0 aliphatic carbocycles. The number of hydrogen-bond donors (Lipinski definition) is 1. The van der Waals surface area contributed by atoms with Crippen molar-refractivity contribution in [2.45, 2.75) is 25.4 Å². The molecule has 3 heterocycles. The summed E-state index contributed by atoms with van der Waals surface area (Å²) >= 11 is 6.24. The lowest BCUT2D eigenvalue weighted by molar-refractivity contribution is -0.120. The Labute approximate surface area is 185 Å². The number of nitrogens with one attached hydrogen (secondary N) is 1. The number of aromatic amines is 1. The lowest BCUT2D eigenvalue weighted by atomic mass is 9.93. The maximum atomic E-state index is 11.9. The molecule has 0 saturated heterocycles. The zero-order chi connectivity index (χ0) is 21.2. The van der Waals surface area contributed by atoms with Crippen LogP contribution in [0, 0.1) is 0 Å². The van der Waals surface area contributed by atoms with Crippen molar-refractivity contribution in [1.82, 2.24) is 19.4 Å². The summed E-state index contributed by atoms with van der Waals surface area (Å²) in [7, 11) is 0. The first-order valence-electron chi connectivity index (χ1n) is 10.4. The fraction of sp³-hybridized carbons (Fsp3) is 0.250. The van der Waals surface area contributed by atoms with Crippen LogP contribution in [0.3, 0.4) is 0 Å². The second-order valence-corrected chi connectivity index (χ2v) is 8.21. The van der Waals surface area contributed by atoms with Crippen molar-refractivity contribution in [2.24, 2.45) is 0 Å². The fourth-order valence-corrected chi connectivity index (χ4v) is 4.55. The summed E-state index contributed by atoms with van der Waals surface area (Å²) < 4.78 is 8.03. The first-order chi connectivity index (χ1) is 15.2. The molecule has 1 aliphatic heterocycles. The SMILES string of the molecule is O=CN1CCc2c([nH]c3ccc(Cl)cc23)C1c1cccc(OCCCn2ccnc2)c1. The number of amides is 1. The number of carbonyl (C=O) groups excluding carboxylic acids is 1. The van der Waals surface area contributed by atoms with Crippen molar-refractivity contribution in [3.8, 4) is 5.75 Å². The molecule has 0 saturated carbocycles. The molecular weight excluding hydrogens is 412 g/mol. The van der Waals surface area contributed by atoms with Crippen molar-refractivity contribution in [3.05, 3.63) is 83.0 Å². The van der Waals surface area contributed by atoms with Gasteiger partial charge in [-0.2, -0.15) is 0 Å². The Morgan fingerprint density at radius 1 is 1.26 bits per heavy atom. The molecule has 0 spiro atoms. The Balaban J connectivity index is 1.40. The molecule has 1 unspecified atom stereocenters. The molecular formula is C24H23ClN4O2. The number of hydrogen-bond acceptors (Lipinski definition) is 3. The van der Waals surface area contributed by atoms with Crippen LogP contribution < -0.4 is 4.74 Å². The van der Waals surface area contributed by atoms with Gasteiger partial charge in [-0.25, -0.2) is 4.98 Å². The Morgan fingerprint density at radius 2 is 2.19 bits per heavy atom. The van der Waals surface area contributed by atoms with Gasteiger partial charge in [-0.05, 0) is 54.3 Å². The number of H-pyrrole nitrogens is 1. The topological polar surface area (TPSA) is 63.1 Å². The number of benzene rings is 2. The van der Waals surface area contributed by atoms with E-state index >= 15 is 0 Å². The molecule has 158 valence electrons. The molecule has 0 radical (unpaired) electrons. The van der Waals surface area contributed by atoms with Gasteiger partial charge < -0.3 is 19.2 Å². The quantitative estimate of drug-likeness (QED) is 0.342. The Hall–Kier alpha value is -3.25. The minimum atomic E-state index is -0.179. The molecule has 2 aromatic heterocycles. The van der Waals surface area contributed by atoms with Gasteiger partial charge in [0.05, 0.1) is 19.0 Å². The Bertz CT molecular complexity index is 1200. The summed E-state index contributed by atoms with van der Waals surface area (Å²) in [6, 6.07) is 13.7. The smallest absolute Gasteiger partial charge is 0.210 e. The van der Waals surface area contributed by atoms with E-state index in [2.05, 4.69) is 9.97 Å². The van der Waals surface area contributed by atoms with Gasteiger partial charge in [0.2, 0.25) is 6.41 Å². The molecule has 1 atom stereocenters. The maximum Gasteiger partial charge on any atom is 0.210 e. The third-order valence-corrected chi connectivity index (χ3v) is 6.06. The molecule has 4 aromatic rings. The van der Waals surface area contributed by atoms with E-state index in [0.29, 0.717) is 13.2 Å². The highest BCUT2D eigenvalue weighted by Crippen LogP contribution is 2.39. The highest BCUT2D eigenvalue weighted by atomic mass is 35.5. The summed E-state index contributed by atoms with van der Waals surface area (Å²) in [6.45, 7) is 2.14. The van der Waals surface area contributed by atoms with Gasteiger partial charge in [0.1, 0.15) is 5.75 Å². The maximum absolute atomic E-state index is 11.9. The molecule has 1 amide bonds. The molecule has 2 aromatic carbocycles. The second-order valence-electron chi connectivity index (χ2n) is 7.78. The van der Waals surface area contributed by atoms with Gasteiger partial charge in [0, 0.05) is 47.1 Å². The van der Waals surface area contributed by atoms with E-state index in [1.807, 2.05) is 64.5 Å². The third-order valence-electron chi connectivity index (χ3n) is 5.82. The molecule has 31 heavy (non-hydrogen) atoms. The average molecular weight is 435 g/mol. The van der Waals surface area contributed by atoms with Crippen molar-refractivity contribution in [1.29, 1.82) is 0 Å². The van der Waals surface area contributed by atoms with E-state index in [1.165, 1.54) is 5.56 Å². The molecule has 0 fully saturated rings. The first kappa shape index (κ1) is 19.7. The van der Waals surface area contributed by atoms with E-state index in [0.717, 1.165) is 58.7 Å². The van der Waals surface area contributed by atoms with Crippen LogP contribution in [0.1, 0.15) is 29.3 Å². The monoisotopic (exact) mass is 434 g/mol. The van der Waals surface area contributed by atoms with Crippen LogP contribution in [0.15, 0.2) is 61.2 Å². The van der Waals surface area contributed by atoms with Crippen molar-refractivity contribution in [3.63, 3.8) is 0 Å². The number of aryl methyl sites for hydroxylation is 1. The van der Waals surface area contributed by atoms with Crippen molar-refractivity contribution < 1.29 is 9.53 Å². The number of ether oxygens (including phenoxy) is 1. The number of imidazole rings is 1. The van der Waals surface area contributed by atoms with Gasteiger partial charge in [-0.1, -0.05) is 23.7 Å². The average Bonchev–Trinajstić information content (AvgIpc) is 3.43. The number of nitrogens with zero attached hydrogens (tertiary/aromatic N) is 3. The van der Waals surface area contributed by atoms with Gasteiger partial charge in [0.15, 0.2) is 0 Å². The molecule has 1 N–H and O–H groups in total. The van der Waals surface area contributed by atoms with E-state index in [-0.39, 0.29) is 6.04 Å². The highest BCUT2D eigenvalue weighted by Gasteiger charge is 2.31. The van der Waals surface area contributed by atoms with Crippen molar-refractivity contribution >= 4 is 28.9 Å². The van der Waals surface area contributed by atoms with Crippen LogP contribution in [-0.2, 0) is 17.8 Å². The fourth-order valence-electron chi connectivity index (χ4n) is 4.38. The van der Waals surface area contributed by atoms with Crippen molar-refractivity contribution in [2.75, 3.05) is 13.2 Å². The summed E-state index contributed by atoms with van der Waals surface area (Å²) in [5, 5.41) is 1.85. The minimum Gasteiger partial charge on any atom is -0.494 e. The molecule has 6 nitrogen and oxygen atoms in total. The number of halogens is 1.